The maximum Gasteiger partial charge on any atom is 0.227 e. The van der Waals surface area contributed by atoms with Crippen LogP contribution < -0.4 is 4.90 Å². The standard InChI is InChI=1S/C23H27N3O/c1-16(2)12-13-25-21-7-5-4-6-20(21)24-23(25)18-14-22(27)26(15-18)19-10-8-17(3)9-11-19/h4-11,16,18H,12-15H2,1-3H3. The van der Waals surface area contributed by atoms with Gasteiger partial charge < -0.3 is 9.47 Å². The molecule has 0 bridgehead atoms. The summed E-state index contributed by atoms with van der Waals surface area (Å²) in [4.78, 5) is 19.6. The molecule has 1 aromatic heterocycles. The second kappa shape index (κ2) is 7.18. The van der Waals surface area contributed by atoms with Gasteiger partial charge in [-0.3, -0.25) is 4.79 Å². The zero-order valence-corrected chi connectivity index (χ0v) is 16.4. The molecule has 0 radical (unpaired) electrons. The quantitative estimate of drug-likeness (QED) is 0.647. The van der Waals surface area contributed by atoms with Gasteiger partial charge in [-0.05, 0) is 43.5 Å². The first-order valence-corrected chi connectivity index (χ1v) is 9.85. The van der Waals surface area contributed by atoms with Crippen molar-refractivity contribution in [3.8, 4) is 0 Å². The highest BCUT2D eigenvalue weighted by atomic mass is 16.2. The largest absolute Gasteiger partial charge is 0.328 e. The third-order valence-electron chi connectivity index (χ3n) is 5.45. The van der Waals surface area contributed by atoms with Crippen molar-refractivity contribution in [1.82, 2.24) is 9.55 Å². The molecule has 0 N–H and O–H groups in total. The van der Waals surface area contributed by atoms with Gasteiger partial charge in [0.25, 0.3) is 0 Å². The van der Waals surface area contributed by atoms with E-state index in [4.69, 9.17) is 4.98 Å². The third kappa shape index (κ3) is 3.48. The maximum absolute atomic E-state index is 12.7. The number of benzene rings is 2. The van der Waals surface area contributed by atoms with Crippen LogP contribution in [0.25, 0.3) is 11.0 Å². The van der Waals surface area contributed by atoms with Gasteiger partial charge in [-0.25, -0.2) is 4.98 Å². The van der Waals surface area contributed by atoms with E-state index in [0.717, 1.165) is 30.0 Å². The summed E-state index contributed by atoms with van der Waals surface area (Å²) in [6, 6.07) is 16.5. The van der Waals surface area contributed by atoms with Gasteiger partial charge in [-0.2, -0.15) is 0 Å². The van der Waals surface area contributed by atoms with E-state index in [9.17, 15) is 4.79 Å². The average molecular weight is 361 g/mol. The van der Waals surface area contributed by atoms with Crippen LogP contribution in [0.3, 0.4) is 0 Å². The first kappa shape index (κ1) is 17.8. The molecule has 1 unspecified atom stereocenters. The molecule has 140 valence electrons. The van der Waals surface area contributed by atoms with Crippen molar-refractivity contribution in [3.05, 3.63) is 59.9 Å². The highest BCUT2D eigenvalue weighted by Crippen LogP contribution is 2.33. The molecule has 1 saturated heterocycles. The molecule has 2 aromatic carbocycles. The summed E-state index contributed by atoms with van der Waals surface area (Å²) in [6.07, 6.45) is 1.63. The van der Waals surface area contributed by atoms with Crippen molar-refractivity contribution in [2.24, 2.45) is 5.92 Å². The lowest BCUT2D eigenvalue weighted by atomic mass is 10.1. The average Bonchev–Trinajstić information content (AvgIpc) is 3.21. The SMILES string of the molecule is Cc1ccc(N2CC(c3nc4ccccc4n3CCC(C)C)CC2=O)cc1. The molecule has 4 heteroatoms. The van der Waals surface area contributed by atoms with Crippen molar-refractivity contribution in [2.45, 2.75) is 46.1 Å². The lowest BCUT2D eigenvalue weighted by molar-refractivity contribution is -0.117. The fourth-order valence-electron chi connectivity index (χ4n) is 3.88. The topological polar surface area (TPSA) is 38.1 Å². The summed E-state index contributed by atoms with van der Waals surface area (Å²) in [5, 5.41) is 0. The minimum absolute atomic E-state index is 0.137. The van der Waals surface area contributed by atoms with Gasteiger partial charge in [0.15, 0.2) is 0 Å². The Bertz CT molecular complexity index is 955. The van der Waals surface area contributed by atoms with Gasteiger partial charge >= 0.3 is 0 Å². The molecule has 3 aromatic rings. The first-order chi connectivity index (χ1) is 13.0. The molecule has 2 heterocycles. The summed E-state index contributed by atoms with van der Waals surface area (Å²) >= 11 is 0. The van der Waals surface area contributed by atoms with Crippen LogP contribution in [0.4, 0.5) is 5.69 Å². The van der Waals surface area contributed by atoms with E-state index in [1.54, 1.807) is 0 Å². The summed E-state index contributed by atoms with van der Waals surface area (Å²) < 4.78 is 2.34. The van der Waals surface area contributed by atoms with Crippen LogP contribution in [-0.4, -0.2) is 22.0 Å². The number of rotatable bonds is 5. The smallest absolute Gasteiger partial charge is 0.227 e. The van der Waals surface area contributed by atoms with Crippen molar-refractivity contribution in [2.75, 3.05) is 11.4 Å². The predicted octanol–water partition coefficient (Wildman–Crippen LogP) is 4.91. The molecule has 0 saturated carbocycles. The number of para-hydroxylation sites is 2. The Morgan fingerprint density at radius 3 is 2.59 bits per heavy atom. The van der Waals surface area contributed by atoms with Crippen LogP contribution in [0.1, 0.15) is 44.0 Å². The van der Waals surface area contributed by atoms with Gasteiger partial charge in [-0.15, -0.1) is 0 Å². The Labute approximate surface area is 160 Å². The van der Waals surface area contributed by atoms with Crippen molar-refractivity contribution in [3.63, 3.8) is 0 Å². The zero-order chi connectivity index (χ0) is 19.0. The number of aryl methyl sites for hydroxylation is 2. The normalized spacial score (nSPS) is 17.4. The highest BCUT2D eigenvalue weighted by molar-refractivity contribution is 5.96. The minimum Gasteiger partial charge on any atom is -0.328 e. The minimum atomic E-state index is 0.137. The van der Waals surface area contributed by atoms with Crippen molar-refractivity contribution in [1.29, 1.82) is 0 Å². The molecule has 4 nitrogen and oxygen atoms in total. The fraction of sp³-hybridized carbons (Fsp3) is 0.391. The van der Waals surface area contributed by atoms with Crippen molar-refractivity contribution < 1.29 is 4.79 Å². The molecular weight excluding hydrogens is 334 g/mol. The van der Waals surface area contributed by atoms with E-state index in [2.05, 4.69) is 55.7 Å². The molecule has 0 aliphatic carbocycles. The first-order valence-electron chi connectivity index (χ1n) is 9.85. The van der Waals surface area contributed by atoms with Gasteiger partial charge in [0.2, 0.25) is 5.91 Å². The monoisotopic (exact) mass is 361 g/mol. The Balaban J connectivity index is 1.66. The van der Waals surface area contributed by atoms with Crippen LogP contribution in [0.15, 0.2) is 48.5 Å². The number of hydrogen-bond donors (Lipinski definition) is 0. The second-order valence-corrected chi connectivity index (χ2v) is 8.03. The summed E-state index contributed by atoms with van der Waals surface area (Å²) in [7, 11) is 0. The van der Waals surface area contributed by atoms with E-state index >= 15 is 0 Å². The highest BCUT2D eigenvalue weighted by Gasteiger charge is 2.34. The van der Waals surface area contributed by atoms with E-state index in [1.807, 2.05) is 23.1 Å². The van der Waals surface area contributed by atoms with E-state index in [-0.39, 0.29) is 11.8 Å². The van der Waals surface area contributed by atoms with Crippen LogP contribution in [-0.2, 0) is 11.3 Å². The maximum atomic E-state index is 12.7. The van der Waals surface area contributed by atoms with Crippen LogP contribution >= 0.6 is 0 Å². The molecule has 1 amide bonds. The number of hydrogen-bond acceptors (Lipinski definition) is 2. The lowest BCUT2D eigenvalue weighted by Crippen LogP contribution is -2.24. The zero-order valence-electron chi connectivity index (χ0n) is 16.4. The number of imidazole rings is 1. The lowest BCUT2D eigenvalue weighted by Gasteiger charge is -2.18. The van der Waals surface area contributed by atoms with Crippen LogP contribution in [0.2, 0.25) is 0 Å². The number of nitrogens with zero attached hydrogens (tertiary/aromatic N) is 3. The Morgan fingerprint density at radius 2 is 1.85 bits per heavy atom. The summed E-state index contributed by atoms with van der Waals surface area (Å²) in [5.74, 6) is 2.01. The molecule has 1 fully saturated rings. The van der Waals surface area contributed by atoms with Gasteiger partial charge in [0.05, 0.1) is 11.0 Å². The Hall–Kier alpha value is -2.62. The number of aromatic nitrogens is 2. The van der Waals surface area contributed by atoms with Crippen LogP contribution in [0, 0.1) is 12.8 Å². The molecule has 1 atom stereocenters. The third-order valence-corrected chi connectivity index (χ3v) is 5.45. The number of carbonyl (C=O) groups excluding carboxylic acids is 1. The Morgan fingerprint density at radius 1 is 1.11 bits per heavy atom. The molecule has 27 heavy (non-hydrogen) atoms. The molecule has 0 spiro atoms. The molecule has 1 aliphatic rings. The summed E-state index contributed by atoms with van der Waals surface area (Å²) in [6.45, 7) is 8.21. The van der Waals surface area contributed by atoms with Crippen molar-refractivity contribution >= 4 is 22.6 Å². The molecule has 1 aliphatic heterocycles. The van der Waals surface area contributed by atoms with Gasteiger partial charge in [-0.1, -0.05) is 43.7 Å². The van der Waals surface area contributed by atoms with E-state index in [0.29, 0.717) is 18.9 Å². The van der Waals surface area contributed by atoms with E-state index < -0.39 is 0 Å². The fourth-order valence-corrected chi connectivity index (χ4v) is 3.88. The van der Waals surface area contributed by atoms with Gasteiger partial charge in [0.1, 0.15) is 5.82 Å². The number of carbonyl (C=O) groups is 1. The second-order valence-electron chi connectivity index (χ2n) is 8.03. The Kier molecular flexibility index (Phi) is 4.73. The van der Waals surface area contributed by atoms with E-state index in [1.165, 1.54) is 11.1 Å². The summed E-state index contributed by atoms with van der Waals surface area (Å²) in [5.41, 5.74) is 4.39. The number of fused-ring (bicyclic) bond motifs is 1. The predicted molar refractivity (Wildman–Crippen MR) is 110 cm³/mol. The van der Waals surface area contributed by atoms with Crippen LogP contribution in [0.5, 0.6) is 0 Å². The van der Waals surface area contributed by atoms with Gasteiger partial charge in [0, 0.05) is 31.1 Å². The molecular formula is C23H27N3O. The molecule has 4 rings (SSSR count). The number of anilines is 1. The number of amides is 1.